The van der Waals surface area contributed by atoms with Crippen molar-refractivity contribution in [2.75, 3.05) is 10.7 Å². The molecule has 0 unspecified atom stereocenters. The van der Waals surface area contributed by atoms with E-state index in [9.17, 15) is 0 Å². The Morgan fingerprint density at radius 3 is 1.04 bits per heavy atom. The quantitative estimate of drug-likeness (QED) is 0.0426. The molecule has 2 aromatic heterocycles. The van der Waals surface area contributed by atoms with Crippen LogP contribution in [0, 0.1) is 13.8 Å². The second-order valence-electron chi connectivity index (χ2n) is 13.4. The van der Waals surface area contributed by atoms with E-state index >= 15 is 0 Å². The third-order valence-corrected chi connectivity index (χ3v) is 10.3. The molecule has 0 N–H and O–H groups in total. The fraction of sp³-hybridized carbons (Fsp3) is 0.500. The van der Waals surface area contributed by atoms with Gasteiger partial charge in [0.25, 0.3) is 0 Å². The number of aromatic nitrogens is 2. The van der Waals surface area contributed by atoms with Gasteiger partial charge >= 0.3 is 0 Å². The van der Waals surface area contributed by atoms with E-state index in [4.69, 9.17) is 0 Å². The summed E-state index contributed by atoms with van der Waals surface area (Å²) in [6.45, 7) is 6.58. The average molecular weight is 779 g/mol. The van der Waals surface area contributed by atoms with E-state index in [-0.39, 0.29) is 0 Å². The van der Waals surface area contributed by atoms with Gasteiger partial charge in [-0.1, -0.05) is 93.2 Å². The lowest BCUT2D eigenvalue weighted by Crippen LogP contribution is -2.32. The Balaban J connectivity index is 0.000000297. The van der Waals surface area contributed by atoms with Gasteiger partial charge < -0.3 is 0 Å². The van der Waals surface area contributed by atoms with Crippen LogP contribution in [0.1, 0.15) is 110 Å². The van der Waals surface area contributed by atoms with Crippen LogP contribution in [0.4, 0.5) is 0 Å². The number of aryl methyl sites for hydroxylation is 8. The van der Waals surface area contributed by atoms with Gasteiger partial charge in [0.05, 0.1) is 0 Å². The predicted molar refractivity (Wildman–Crippen MR) is 213 cm³/mol. The van der Waals surface area contributed by atoms with Crippen LogP contribution in [0.5, 0.6) is 0 Å². The maximum Gasteiger partial charge on any atom is 0.171 e. The lowest BCUT2D eigenvalue weighted by molar-refractivity contribution is -0.697. The minimum absolute atomic E-state index is 1.13. The zero-order chi connectivity index (χ0) is 34.1. The highest BCUT2D eigenvalue weighted by Crippen LogP contribution is 2.17. The Morgan fingerprint density at radius 1 is 0.396 bits per heavy atom. The number of hydrogen-bond acceptors (Lipinski definition) is 0. The van der Waals surface area contributed by atoms with Gasteiger partial charge in [0.2, 0.25) is 0 Å². The maximum atomic E-state index is 3.50. The summed E-state index contributed by atoms with van der Waals surface area (Å²) in [5, 5.41) is 2.28. The molecule has 0 amide bonds. The number of unbranched alkanes of at least 4 members (excludes halogenated alkanes) is 8. The fourth-order valence-electron chi connectivity index (χ4n) is 6.42. The number of hydrogen-bond donors (Lipinski definition) is 0. The molecule has 0 saturated heterocycles. The summed E-state index contributed by atoms with van der Waals surface area (Å²) in [6, 6.07) is 26.7. The first kappa shape index (κ1) is 40.1. The number of halogens is 2. The number of benzene rings is 2. The normalized spacial score (nSPS) is 10.9. The number of nitrogens with zero attached hydrogens (tertiary/aromatic N) is 2. The van der Waals surface area contributed by atoms with E-state index in [1.54, 1.807) is 22.3 Å². The first-order valence-corrected chi connectivity index (χ1v) is 21.0. The molecule has 2 nitrogen and oxygen atoms in total. The molecule has 2 aromatic carbocycles. The molecule has 4 rings (SSSR count). The molecule has 260 valence electrons. The van der Waals surface area contributed by atoms with Crippen molar-refractivity contribution in [1.29, 1.82) is 0 Å². The van der Waals surface area contributed by atoms with E-state index < -0.39 is 0 Å². The number of alkyl halides is 2. The summed E-state index contributed by atoms with van der Waals surface area (Å²) >= 11 is 6.99. The maximum absolute atomic E-state index is 3.50. The van der Waals surface area contributed by atoms with Gasteiger partial charge in [-0.15, -0.1) is 0 Å². The standard InChI is InChI=1S/C28H38N2.C16H24Br2/c1-25-13-11-21-29(23-25)19-9-3-5-15-27-17-7-8-18-28(27)16-6-4-10-20-30-22-12-14-26(2)24-30;17-13-7-1-3-9-15-11-5-6-12-16(15)10-4-2-8-14-18/h7-8,11-14,17-18,21-24H,3-6,9-10,15-16,19-20H2,1-2H3;5-6,11-12H,1-4,7-10,13-14H2/q+2;. The molecular formula is C44H62Br2N2+2. The molecule has 0 radical (unpaired) electrons. The molecule has 0 bridgehead atoms. The highest BCUT2D eigenvalue weighted by atomic mass is 79.9. The van der Waals surface area contributed by atoms with Gasteiger partial charge in [-0.3, -0.25) is 0 Å². The molecule has 0 atom stereocenters. The van der Waals surface area contributed by atoms with Crippen molar-refractivity contribution in [3.8, 4) is 0 Å². The Labute approximate surface area is 310 Å². The van der Waals surface area contributed by atoms with Crippen molar-refractivity contribution in [3.05, 3.63) is 131 Å². The van der Waals surface area contributed by atoms with Crippen molar-refractivity contribution in [2.45, 2.75) is 130 Å². The average Bonchev–Trinajstić information content (AvgIpc) is 3.10. The smallest absolute Gasteiger partial charge is 0.171 e. The molecule has 0 spiro atoms. The van der Waals surface area contributed by atoms with Gasteiger partial charge in [0.1, 0.15) is 13.1 Å². The molecule has 48 heavy (non-hydrogen) atoms. The van der Waals surface area contributed by atoms with Crippen molar-refractivity contribution in [1.82, 2.24) is 0 Å². The van der Waals surface area contributed by atoms with Gasteiger partial charge in [0, 0.05) is 46.8 Å². The van der Waals surface area contributed by atoms with Gasteiger partial charge in [-0.2, -0.15) is 0 Å². The molecule has 4 heteroatoms. The Hall–Kier alpha value is -2.30. The van der Waals surface area contributed by atoms with E-state index in [0.717, 1.165) is 23.7 Å². The molecular weight excluding hydrogens is 716 g/mol. The van der Waals surface area contributed by atoms with Crippen LogP contribution < -0.4 is 9.13 Å². The minimum Gasteiger partial charge on any atom is -0.205 e. The fourth-order valence-corrected chi connectivity index (χ4v) is 7.21. The topological polar surface area (TPSA) is 7.76 Å². The predicted octanol–water partition coefficient (Wildman–Crippen LogP) is 11.6. The van der Waals surface area contributed by atoms with Gasteiger partial charge in [0.15, 0.2) is 24.8 Å². The third kappa shape index (κ3) is 17.4. The highest BCUT2D eigenvalue weighted by molar-refractivity contribution is 9.09. The van der Waals surface area contributed by atoms with Gasteiger partial charge in [-0.05, 0) is 125 Å². The molecule has 0 aliphatic rings. The van der Waals surface area contributed by atoms with E-state index in [1.165, 1.54) is 114 Å². The summed E-state index contributed by atoms with van der Waals surface area (Å²) in [5.74, 6) is 0. The Morgan fingerprint density at radius 2 is 0.729 bits per heavy atom. The third-order valence-electron chi connectivity index (χ3n) is 9.13. The summed E-state index contributed by atoms with van der Waals surface area (Å²) in [4.78, 5) is 0. The Bertz CT molecular complexity index is 1300. The summed E-state index contributed by atoms with van der Waals surface area (Å²) in [5.41, 5.74) is 8.95. The number of rotatable bonds is 22. The van der Waals surface area contributed by atoms with Crippen LogP contribution in [0.2, 0.25) is 0 Å². The van der Waals surface area contributed by atoms with Crippen LogP contribution in [0.25, 0.3) is 0 Å². The summed E-state index contributed by atoms with van der Waals surface area (Å²) < 4.78 is 4.64. The van der Waals surface area contributed by atoms with Crippen molar-refractivity contribution in [2.24, 2.45) is 0 Å². The molecule has 2 heterocycles. The summed E-state index contributed by atoms with van der Waals surface area (Å²) in [7, 11) is 0. The zero-order valence-electron chi connectivity index (χ0n) is 30.0. The molecule has 0 saturated carbocycles. The largest absolute Gasteiger partial charge is 0.205 e. The van der Waals surface area contributed by atoms with Crippen LogP contribution >= 0.6 is 31.9 Å². The van der Waals surface area contributed by atoms with Crippen LogP contribution in [0.3, 0.4) is 0 Å². The highest BCUT2D eigenvalue weighted by Gasteiger charge is 2.06. The lowest BCUT2D eigenvalue weighted by Gasteiger charge is -2.09. The zero-order valence-corrected chi connectivity index (χ0v) is 33.2. The van der Waals surface area contributed by atoms with E-state index in [2.05, 4.69) is 152 Å². The van der Waals surface area contributed by atoms with E-state index in [0.29, 0.717) is 0 Å². The second kappa shape index (κ2) is 25.6. The number of pyridine rings is 2. The monoisotopic (exact) mass is 776 g/mol. The summed E-state index contributed by atoms with van der Waals surface area (Å²) in [6.07, 6.45) is 29.4. The van der Waals surface area contributed by atoms with Crippen LogP contribution in [-0.2, 0) is 38.8 Å². The first-order chi connectivity index (χ1) is 23.6. The van der Waals surface area contributed by atoms with Crippen LogP contribution in [0.15, 0.2) is 97.6 Å². The molecule has 0 aliphatic carbocycles. The second-order valence-corrected chi connectivity index (χ2v) is 15.0. The first-order valence-electron chi connectivity index (χ1n) is 18.8. The SMILES string of the molecule is BrCCCCCc1ccccc1CCCCCBr.Cc1ccc[n+](CCCCCc2ccccc2CCCCC[n+]2cccc(C)c2)c1. The van der Waals surface area contributed by atoms with Gasteiger partial charge in [-0.25, -0.2) is 9.13 Å². The van der Waals surface area contributed by atoms with Crippen LogP contribution in [-0.4, -0.2) is 10.7 Å². The van der Waals surface area contributed by atoms with Crippen molar-refractivity contribution in [3.63, 3.8) is 0 Å². The van der Waals surface area contributed by atoms with Crippen molar-refractivity contribution >= 4 is 31.9 Å². The molecule has 0 aliphatic heterocycles. The lowest BCUT2D eigenvalue weighted by atomic mass is 9.97. The minimum atomic E-state index is 1.13. The molecule has 0 fully saturated rings. The van der Waals surface area contributed by atoms with Crippen molar-refractivity contribution < 1.29 is 9.13 Å². The molecule has 4 aromatic rings. The Kier molecular flexibility index (Phi) is 21.4. The van der Waals surface area contributed by atoms with E-state index in [1.807, 2.05) is 0 Å².